The van der Waals surface area contributed by atoms with Crippen LogP contribution in [0, 0.1) is 0 Å². The van der Waals surface area contributed by atoms with Crippen molar-refractivity contribution in [2.75, 3.05) is 6.54 Å². The minimum absolute atomic E-state index is 0.0260. The number of nitrogens with zero attached hydrogens (tertiary/aromatic N) is 1. The summed E-state index contributed by atoms with van der Waals surface area (Å²) in [6, 6.07) is 9.26. The summed E-state index contributed by atoms with van der Waals surface area (Å²) in [6.45, 7) is 0.677. The Morgan fingerprint density at radius 1 is 0.955 bits per heavy atom. The number of hydrogen-bond acceptors (Lipinski definition) is 2. The largest absolute Gasteiger partial charge is 0.352 e. The van der Waals surface area contributed by atoms with E-state index in [0.717, 1.165) is 25.7 Å². The predicted octanol–water partition coefficient (Wildman–Crippen LogP) is 2.74. The van der Waals surface area contributed by atoms with Gasteiger partial charge in [-0.1, -0.05) is 37.5 Å². The first-order valence-corrected chi connectivity index (χ1v) is 8.42. The van der Waals surface area contributed by atoms with Gasteiger partial charge < -0.3 is 10.2 Å². The molecule has 22 heavy (non-hydrogen) atoms. The Morgan fingerprint density at radius 2 is 1.68 bits per heavy atom. The van der Waals surface area contributed by atoms with Gasteiger partial charge in [0.1, 0.15) is 6.04 Å². The Morgan fingerprint density at radius 3 is 2.41 bits per heavy atom. The first-order valence-electron chi connectivity index (χ1n) is 8.42. The molecule has 1 saturated heterocycles. The van der Waals surface area contributed by atoms with Crippen LogP contribution in [-0.4, -0.2) is 35.3 Å². The zero-order valence-corrected chi connectivity index (χ0v) is 13.0. The lowest BCUT2D eigenvalue weighted by molar-refractivity contribution is -0.125. The lowest BCUT2D eigenvalue weighted by Crippen LogP contribution is -2.49. The number of rotatable bonds is 3. The van der Waals surface area contributed by atoms with Gasteiger partial charge in [-0.3, -0.25) is 9.59 Å². The van der Waals surface area contributed by atoms with E-state index in [4.69, 9.17) is 0 Å². The average molecular weight is 300 g/mol. The van der Waals surface area contributed by atoms with Crippen molar-refractivity contribution in [3.63, 3.8) is 0 Å². The fourth-order valence-electron chi connectivity index (χ4n) is 3.57. The first kappa shape index (κ1) is 15.1. The molecule has 0 aromatic heterocycles. The van der Waals surface area contributed by atoms with Gasteiger partial charge in [0.05, 0.1) is 0 Å². The first-order chi connectivity index (χ1) is 10.8. The van der Waals surface area contributed by atoms with Gasteiger partial charge in [-0.2, -0.15) is 0 Å². The molecule has 1 saturated carbocycles. The fourth-order valence-corrected chi connectivity index (χ4v) is 3.57. The Bertz CT molecular complexity index is 523. The lowest BCUT2D eigenvalue weighted by atomic mass is 9.95. The molecule has 0 radical (unpaired) electrons. The van der Waals surface area contributed by atoms with Gasteiger partial charge in [-0.25, -0.2) is 0 Å². The van der Waals surface area contributed by atoms with Crippen LogP contribution in [0.2, 0.25) is 0 Å². The van der Waals surface area contributed by atoms with Crippen molar-refractivity contribution in [1.82, 2.24) is 10.2 Å². The van der Waals surface area contributed by atoms with Gasteiger partial charge >= 0.3 is 0 Å². The molecule has 4 nitrogen and oxygen atoms in total. The number of likely N-dealkylation sites (tertiary alicyclic amines) is 1. The maximum atomic E-state index is 12.6. The van der Waals surface area contributed by atoms with Crippen molar-refractivity contribution >= 4 is 11.8 Å². The number of amides is 2. The quantitative estimate of drug-likeness (QED) is 0.933. The van der Waals surface area contributed by atoms with E-state index in [1.54, 1.807) is 4.90 Å². The van der Waals surface area contributed by atoms with E-state index in [2.05, 4.69) is 5.32 Å². The van der Waals surface area contributed by atoms with E-state index in [-0.39, 0.29) is 17.9 Å². The van der Waals surface area contributed by atoms with Crippen LogP contribution in [0.5, 0.6) is 0 Å². The zero-order chi connectivity index (χ0) is 15.4. The van der Waals surface area contributed by atoms with Crippen molar-refractivity contribution in [2.24, 2.45) is 0 Å². The van der Waals surface area contributed by atoms with E-state index in [9.17, 15) is 9.59 Å². The zero-order valence-electron chi connectivity index (χ0n) is 13.0. The molecule has 2 amide bonds. The third-order valence-corrected chi connectivity index (χ3v) is 4.79. The third-order valence-electron chi connectivity index (χ3n) is 4.79. The normalized spacial score (nSPS) is 22.5. The number of hydrogen-bond donors (Lipinski definition) is 1. The standard InChI is InChI=1S/C18H24N2O2/c21-17(19-15-10-5-2-6-11-15)16-12-7-13-20(16)18(22)14-8-3-1-4-9-14/h1,3-4,8-9,15-16H,2,5-7,10-13H2,(H,19,21)/t16-/m0/s1. The summed E-state index contributed by atoms with van der Waals surface area (Å²) < 4.78 is 0. The highest BCUT2D eigenvalue weighted by Crippen LogP contribution is 2.22. The molecule has 1 N–H and O–H groups in total. The smallest absolute Gasteiger partial charge is 0.254 e. The summed E-state index contributed by atoms with van der Waals surface area (Å²) in [4.78, 5) is 26.9. The van der Waals surface area contributed by atoms with Crippen LogP contribution < -0.4 is 5.32 Å². The van der Waals surface area contributed by atoms with Crippen LogP contribution in [0.25, 0.3) is 0 Å². The molecule has 1 aliphatic carbocycles. The SMILES string of the molecule is O=C(NC1CCCCC1)[C@@H]1CCCN1C(=O)c1ccccc1. The van der Waals surface area contributed by atoms with Crippen molar-refractivity contribution < 1.29 is 9.59 Å². The molecule has 4 heteroatoms. The second-order valence-corrected chi connectivity index (χ2v) is 6.37. The Kier molecular flexibility index (Phi) is 4.76. The molecule has 1 aliphatic heterocycles. The molecule has 118 valence electrons. The van der Waals surface area contributed by atoms with Gasteiger partial charge in [0, 0.05) is 18.2 Å². The average Bonchev–Trinajstić information content (AvgIpc) is 3.05. The molecule has 0 unspecified atom stereocenters. The second-order valence-electron chi connectivity index (χ2n) is 6.37. The summed E-state index contributed by atoms with van der Waals surface area (Å²) in [7, 11) is 0. The molecule has 0 spiro atoms. The Balaban J connectivity index is 1.64. The van der Waals surface area contributed by atoms with Gasteiger partial charge in [0.15, 0.2) is 0 Å². The van der Waals surface area contributed by atoms with Crippen LogP contribution >= 0.6 is 0 Å². The maximum Gasteiger partial charge on any atom is 0.254 e. The molecule has 1 aromatic rings. The van der Waals surface area contributed by atoms with Crippen LogP contribution in [-0.2, 0) is 4.79 Å². The van der Waals surface area contributed by atoms with Crippen molar-refractivity contribution in [3.05, 3.63) is 35.9 Å². The van der Waals surface area contributed by atoms with Crippen LogP contribution in [0.1, 0.15) is 55.3 Å². The molecular formula is C18H24N2O2. The number of carbonyl (C=O) groups is 2. The van der Waals surface area contributed by atoms with Crippen molar-refractivity contribution in [2.45, 2.75) is 57.0 Å². The predicted molar refractivity (Wildman–Crippen MR) is 85.5 cm³/mol. The van der Waals surface area contributed by atoms with Crippen LogP contribution in [0.15, 0.2) is 30.3 Å². The van der Waals surface area contributed by atoms with E-state index >= 15 is 0 Å². The van der Waals surface area contributed by atoms with Crippen LogP contribution in [0.4, 0.5) is 0 Å². The maximum absolute atomic E-state index is 12.6. The summed E-state index contributed by atoms with van der Waals surface area (Å²) in [5.41, 5.74) is 0.667. The highest BCUT2D eigenvalue weighted by Gasteiger charge is 2.35. The summed E-state index contributed by atoms with van der Waals surface area (Å²) >= 11 is 0. The fraction of sp³-hybridized carbons (Fsp3) is 0.556. The molecule has 1 heterocycles. The molecule has 2 fully saturated rings. The van der Waals surface area contributed by atoms with Crippen LogP contribution in [0.3, 0.4) is 0 Å². The molecule has 3 rings (SSSR count). The number of nitrogens with one attached hydrogen (secondary N) is 1. The topological polar surface area (TPSA) is 49.4 Å². The Hall–Kier alpha value is -1.84. The Labute approximate surface area is 131 Å². The van der Waals surface area contributed by atoms with E-state index < -0.39 is 0 Å². The number of benzene rings is 1. The van der Waals surface area contributed by atoms with Crippen molar-refractivity contribution in [3.8, 4) is 0 Å². The second kappa shape index (κ2) is 6.95. The van der Waals surface area contributed by atoms with Gasteiger partial charge in [-0.05, 0) is 37.8 Å². The third kappa shape index (κ3) is 3.32. The lowest BCUT2D eigenvalue weighted by Gasteiger charge is -2.28. The minimum Gasteiger partial charge on any atom is -0.352 e. The van der Waals surface area contributed by atoms with Gasteiger partial charge in [-0.15, -0.1) is 0 Å². The van der Waals surface area contributed by atoms with E-state index in [1.165, 1.54) is 19.3 Å². The molecule has 1 atom stereocenters. The highest BCUT2D eigenvalue weighted by molar-refractivity contribution is 5.97. The number of carbonyl (C=O) groups excluding carboxylic acids is 2. The van der Waals surface area contributed by atoms with E-state index in [1.807, 2.05) is 30.3 Å². The summed E-state index contributed by atoms with van der Waals surface area (Å²) in [5, 5.41) is 3.16. The summed E-state index contributed by atoms with van der Waals surface area (Å²) in [5.74, 6) is 0.00979. The summed E-state index contributed by atoms with van der Waals surface area (Å²) in [6.07, 6.45) is 7.49. The highest BCUT2D eigenvalue weighted by atomic mass is 16.2. The van der Waals surface area contributed by atoms with Gasteiger partial charge in [0.2, 0.25) is 5.91 Å². The van der Waals surface area contributed by atoms with E-state index in [0.29, 0.717) is 18.2 Å². The monoisotopic (exact) mass is 300 g/mol. The van der Waals surface area contributed by atoms with Gasteiger partial charge in [0.25, 0.3) is 5.91 Å². The minimum atomic E-state index is -0.297. The molecule has 1 aromatic carbocycles. The molecular weight excluding hydrogens is 276 g/mol. The molecule has 0 bridgehead atoms. The molecule has 2 aliphatic rings. The van der Waals surface area contributed by atoms with Crippen molar-refractivity contribution in [1.29, 1.82) is 0 Å².